The van der Waals surface area contributed by atoms with Crippen LogP contribution in [0.2, 0.25) is 0 Å². The van der Waals surface area contributed by atoms with Crippen molar-refractivity contribution in [2.24, 2.45) is 0 Å². The molecule has 192 valence electrons. The van der Waals surface area contributed by atoms with Crippen molar-refractivity contribution >= 4 is 45.0 Å². The molecule has 6 rings (SSSR count). The third-order valence-electron chi connectivity index (χ3n) is 6.60. The second kappa shape index (κ2) is 9.64. The van der Waals surface area contributed by atoms with Gasteiger partial charge < -0.3 is 28.7 Å². The number of hydrogen-bond donors (Lipinski definition) is 1. The summed E-state index contributed by atoms with van der Waals surface area (Å²) in [6.07, 6.45) is 3.62. The Labute approximate surface area is 217 Å². The van der Waals surface area contributed by atoms with Gasteiger partial charge in [0.1, 0.15) is 22.7 Å². The average Bonchev–Trinajstić information content (AvgIpc) is 3.36. The van der Waals surface area contributed by atoms with Gasteiger partial charge in [0.05, 0.1) is 31.5 Å². The quantitative estimate of drug-likeness (QED) is 0.263. The highest BCUT2D eigenvalue weighted by molar-refractivity contribution is 6.07. The molecule has 3 aromatic heterocycles. The number of nitrogens with zero attached hydrogens (tertiary/aromatic N) is 4. The van der Waals surface area contributed by atoms with E-state index >= 15 is 0 Å². The topological polar surface area (TPSA) is 112 Å². The maximum Gasteiger partial charge on any atom is 0.349 e. The first-order valence-electron chi connectivity index (χ1n) is 12.2. The Balaban J connectivity index is 1.36. The average molecular weight is 512 g/mol. The molecular formula is C28H25N5O5. The molecule has 5 aromatic rings. The Bertz CT molecular complexity index is 1740. The number of ketones is 1. The van der Waals surface area contributed by atoms with Crippen LogP contribution in [-0.2, 0) is 4.74 Å². The maximum atomic E-state index is 12.8. The Morgan fingerprint density at radius 2 is 1.92 bits per heavy atom. The lowest BCUT2D eigenvalue weighted by molar-refractivity contribution is 0.101. The van der Waals surface area contributed by atoms with Crippen LogP contribution in [0.4, 0.5) is 17.3 Å². The first-order valence-corrected chi connectivity index (χ1v) is 12.2. The van der Waals surface area contributed by atoms with Crippen LogP contribution in [0.25, 0.3) is 27.7 Å². The number of anilines is 3. The third-order valence-corrected chi connectivity index (χ3v) is 6.60. The Hall–Kier alpha value is -4.70. The molecule has 0 bridgehead atoms. The number of carbonyl (C=O) groups excluding carboxylic acids is 1. The molecule has 4 heterocycles. The molecule has 1 aliphatic heterocycles. The smallest absolute Gasteiger partial charge is 0.349 e. The Morgan fingerprint density at radius 1 is 1.08 bits per heavy atom. The van der Waals surface area contributed by atoms with E-state index in [9.17, 15) is 9.59 Å². The molecule has 38 heavy (non-hydrogen) atoms. The first-order chi connectivity index (χ1) is 18.5. The lowest BCUT2D eigenvalue weighted by Gasteiger charge is -2.30. The number of methoxy groups -OCH3 is 1. The van der Waals surface area contributed by atoms with Crippen molar-refractivity contribution in [3.8, 4) is 11.6 Å². The highest BCUT2D eigenvalue weighted by Crippen LogP contribution is 2.32. The molecule has 0 spiro atoms. The van der Waals surface area contributed by atoms with E-state index in [1.165, 1.54) is 6.92 Å². The van der Waals surface area contributed by atoms with E-state index in [1.54, 1.807) is 19.4 Å². The van der Waals surface area contributed by atoms with Crippen molar-refractivity contribution in [1.29, 1.82) is 0 Å². The van der Waals surface area contributed by atoms with Gasteiger partial charge in [-0.05, 0) is 49.4 Å². The summed E-state index contributed by atoms with van der Waals surface area (Å²) >= 11 is 0. The van der Waals surface area contributed by atoms with Crippen LogP contribution in [0.3, 0.4) is 0 Å². The van der Waals surface area contributed by atoms with Gasteiger partial charge in [0.15, 0.2) is 5.78 Å². The summed E-state index contributed by atoms with van der Waals surface area (Å²) in [5.74, 6) is 1.53. The fourth-order valence-electron chi connectivity index (χ4n) is 4.81. The maximum absolute atomic E-state index is 12.8. The number of morpholine rings is 1. The monoisotopic (exact) mass is 511 g/mol. The van der Waals surface area contributed by atoms with Gasteiger partial charge in [-0.3, -0.25) is 4.79 Å². The summed E-state index contributed by atoms with van der Waals surface area (Å²) in [6, 6.07) is 15.1. The molecule has 1 saturated heterocycles. The predicted octanol–water partition coefficient (Wildman–Crippen LogP) is 4.32. The van der Waals surface area contributed by atoms with Gasteiger partial charge in [-0.1, -0.05) is 0 Å². The Morgan fingerprint density at radius 3 is 2.71 bits per heavy atom. The predicted molar refractivity (Wildman–Crippen MR) is 144 cm³/mol. The number of rotatable bonds is 6. The van der Waals surface area contributed by atoms with Gasteiger partial charge in [0.25, 0.3) is 0 Å². The zero-order valence-corrected chi connectivity index (χ0v) is 20.9. The normalized spacial score (nSPS) is 13.7. The van der Waals surface area contributed by atoms with E-state index in [2.05, 4.69) is 15.3 Å². The number of aromatic nitrogens is 3. The number of Topliss-reactive ketones (excluding diaryl/α,β-unsaturated/α-hetero) is 1. The van der Waals surface area contributed by atoms with E-state index in [4.69, 9.17) is 13.9 Å². The van der Waals surface area contributed by atoms with Gasteiger partial charge in [-0.25, -0.2) is 9.78 Å². The molecule has 0 amide bonds. The van der Waals surface area contributed by atoms with Crippen molar-refractivity contribution in [2.45, 2.75) is 6.92 Å². The summed E-state index contributed by atoms with van der Waals surface area (Å²) in [5, 5.41) is 4.92. The molecule has 0 aliphatic carbocycles. The van der Waals surface area contributed by atoms with Crippen molar-refractivity contribution in [1.82, 2.24) is 14.5 Å². The summed E-state index contributed by atoms with van der Waals surface area (Å²) in [4.78, 5) is 36.3. The number of ether oxygens (including phenoxy) is 2. The van der Waals surface area contributed by atoms with Crippen LogP contribution in [0.5, 0.6) is 5.75 Å². The van der Waals surface area contributed by atoms with E-state index < -0.39 is 5.63 Å². The van der Waals surface area contributed by atoms with Crippen LogP contribution in [0.1, 0.15) is 17.3 Å². The molecule has 0 atom stereocenters. The zero-order valence-electron chi connectivity index (χ0n) is 20.9. The first kappa shape index (κ1) is 23.7. The molecule has 1 N–H and O–H groups in total. The van der Waals surface area contributed by atoms with Crippen molar-refractivity contribution < 1.29 is 18.7 Å². The summed E-state index contributed by atoms with van der Waals surface area (Å²) in [7, 11) is 1.64. The molecule has 1 aliphatic rings. The molecule has 0 saturated carbocycles. The molecule has 0 unspecified atom stereocenters. The molecule has 2 aromatic carbocycles. The van der Waals surface area contributed by atoms with E-state index in [1.807, 2.05) is 58.1 Å². The fourth-order valence-corrected chi connectivity index (χ4v) is 4.81. The standard InChI is InChI=1S/C28H25N5O5/c1-17(34)25-26(32-11-13-37-14-12-32)21-5-3-19(16-23(21)38-27(25)35)30-28-29-9-7-24(31-28)33-10-8-18-15-20(36-2)4-6-22(18)33/h3-10,15-16H,11-14H2,1-2H3,(H,29,30,31). The van der Waals surface area contributed by atoms with Gasteiger partial charge >= 0.3 is 5.63 Å². The number of benzene rings is 2. The summed E-state index contributed by atoms with van der Waals surface area (Å²) < 4.78 is 18.3. The largest absolute Gasteiger partial charge is 0.497 e. The van der Waals surface area contributed by atoms with Crippen LogP contribution in [0.15, 0.2) is 70.1 Å². The number of hydrogen-bond acceptors (Lipinski definition) is 9. The van der Waals surface area contributed by atoms with Crippen molar-refractivity contribution in [3.63, 3.8) is 0 Å². The minimum Gasteiger partial charge on any atom is -0.497 e. The van der Waals surface area contributed by atoms with Crippen LogP contribution >= 0.6 is 0 Å². The van der Waals surface area contributed by atoms with Gasteiger partial charge in [-0.15, -0.1) is 0 Å². The third kappa shape index (κ3) is 4.24. The highest BCUT2D eigenvalue weighted by Gasteiger charge is 2.24. The summed E-state index contributed by atoms with van der Waals surface area (Å²) in [5.41, 5.74) is 2.00. The molecule has 1 fully saturated rings. The Kier molecular flexibility index (Phi) is 6.01. The lowest BCUT2D eigenvalue weighted by atomic mass is 10.1. The fraction of sp³-hybridized carbons (Fsp3) is 0.214. The van der Waals surface area contributed by atoms with Gasteiger partial charge in [0.2, 0.25) is 5.95 Å². The number of fused-ring (bicyclic) bond motifs is 2. The van der Waals surface area contributed by atoms with E-state index in [0.717, 1.165) is 16.7 Å². The molecular weight excluding hydrogens is 486 g/mol. The van der Waals surface area contributed by atoms with Crippen molar-refractivity contribution in [3.05, 3.63) is 76.9 Å². The second-order valence-electron chi connectivity index (χ2n) is 8.95. The van der Waals surface area contributed by atoms with Crippen LogP contribution in [0, 0.1) is 0 Å². The van der Waals surface area contributed by atoms with Gasteiger partial charge in [-0.2, -0.15) is 4.98 Å². The molecule has 10 nitrogen and oxygen atoms in total. The molecule has 10 heteroatoms. The summed E-state index contributed by atoms with van der Waals surface area (Å²) in [6.45, 7) is 3.60. The zero-order chi connectivity index (χ0) is 26.2. The lowest BCUT2D eigenvalue weighted by Crippen LogP contribution is -2.38. The van der Waals surface area contributed by atoms with Crippen LogP contribution < -0.4 is 20.6 Å². The van der Waals surface area contributed by atoms with Gasteiger partial charge in [0, 0.05) is 48.0 Å². The van der Waals surface area contributed by atoms with Crippen LogP contribution in [-0.4, -0.2) is 53.7 Å². The number of nitrogens with one attached hydrogen (secondary N) is 1. The second-order valence-corrected chi connectivity index (χ2v) is 8.95. The number of carbonyl (C=O) groups is 1. The minimum absolute atomic E-state index is 0.0627. The van der Waals surface area contributed by atoms with E-state index in [0.29, 0.717) is 60.4 Å². The minimum atomic E-state index is -0.655. The van der Waals surface area contributed by atoms with Crippen molar-refractivity contribution in [2.75, 3.05) is 43.6 Å². The highest BCUT2D eigenvalue weighted by atomic mass is 16.5. The SMILES string of the molecule is COc1ccc2c(ccn2-c2ccnc(Nc3ccc4c(N5CCOCC5)c(C(C)=O)c(=O)oc4c3)n2)c1. The van der Waals surface area contributed by atoms with E-state index in [-0.39, 0.29) is 11.3 Å². The molecule has 0 radical (unpaired) electrons.